The zero-order chi connectivity index (χ0) is 22.0. The number of carboxylic acids is 2. The maximum Gasteiger partial charge on any atom is 0.336 e. The number of aromatic carboxylic acids is 2. The van der Waals surface area contributed by atoms with Crippen LogP contribution >= 0.6 is 0 Å². The van der Waals surface area contributed by atoms with Gasteiger partial charge in [0.1, 0.15) is 11.9 Å². The molecule has 1 heterocycles. The summed E-state index contributed by atoms with van der Waals surface area (Å²) in [5.74, 6) is -1.44. The highest BCUT2D eigenvalue weighted by Crippen LogP contribution is 2.37. The van der Waals surface area contributed by atoms with Crippen LogP contribution in [0.2, 0.25) is 0 Å². The zero-order valence-corrected chi connectivity index (χ0v) is 16.6. The summed E-state index contributed by atoms with van der Waals surface area (Å²) in [6.07, 6.45) is -0.0633. The van der Waals surface area contributed by atoms with Gasteiger partial charge in [-0.2, -0.15) is 0 Å². The van der Waals surface area contributed by atoms with Crippen LogP contribution in [0.1, 0.15) is 26.3 Å². The Hall–Kier alpha value is -3.84. The van der Waals surface area contributed by atoms with Gasteiger partial charge in [-0.05, 0) is 47.5 Å². The third-order valence-corrected chi connectivity index (χ3v) is 5.27. The summed E-state index contributed by atoms with van der Waals surface area (Å²) in [5.41, 5.74) is 2.77. The molecular formula is C24H21NO6. The number of hydrogen-bond acceptors (Lipinski definition) is 5. The molecule has 0 spiro atoms. The summed E-state index contributed by atoms with van der Waals surface area (Å²) in [7, 11) is 0. The van der Waals surface area contributed by atoms with Gasteiger partial charge in [0.2, 0.25) is 0 Å². The minimum absolute atomic E-state index is 0.0245. The second-order valence-corrected chi connectivity index (χ2v) is 7.34. The third kappa shape index (κ3) is 4.22. The quantitative estimate of drug-likeness (QED) is 0.538. The number of anilines is 1. The molecule has 0 saturated carbocycles. The lowest BCUT2D eigenvalue weighted by atomic mass is 9.94. The van der Waals surface area contributed by atoms with E-state index >= 15 is 0 Å². The van der Waals surface area contributed by atoms with E-state index < -0.39 is 11.9 Å². The van der Waals surface area contributed by atoms with Crippen molar-refractivity contribution in [3.05, 3.63) is 83.4 Å². The van der Waals surface area contributed by atoms with E-state index in [0.717, 1.165) is 11.3 Å². The van der Waals surface area contributed by atoms with Crippen molar-refractivity contribution in [3.8, 4) is 16.9 Å². The van der Waals surface area contributed by atoms with Crippen molar-refractivity contribution in [2.45, 2.75) is 12.7 Å². The molecule has 1 saturated heterocycles. The fraction of sp³-hybridized carbons (Fsp3) is 0.167. The molecule has 158 valence electrons. The van der Waals surface area contributed by atoms with Crippen LogP contribution in [-0.4, -0.2) is 46.5 Å². The zero-order valence-electron chi connectivity index (χ0n) is 16.6. The van der Waals surface area contributed by atoms with Gasteiger partial charge in [0.15, 0.2) is 0 Å². The van der Waals surface area contributed by atoms with Crippen LogP contribution in [0.15, 0.2) is 66.7 Å². The van der Waals surface area contributed by atoms with Crippen LogP contribution in [0.3, 0.4) is 0 Å². The Balaban J connectivity index is 1.59. The molecule has 3 N–H and O–H groups in total. The minimum atomic E-state index is -1.07. The lowest BCUT2D eigenvalue weighted by Gasteiger charge is -2.41. The number of nitrogens with zero attached hydrogens (tertiary/aromatic N) is 1. The summed E-state index contributed by atoms with van der Waals surface area (Å²) in [5, 5.41) is 28.2. The third-order valence-electron chi connectivity index (χ3n) is 5.27. The lowest BCUT2D eigenvalue weighted by molar-refractivity contribution is 0.0687. The Labute approximate surface area is 178 Å². The molecule has 4 rings (SSSR count). The molecule has 3 aromatic rings. The number of aliphatic hydroxyl groups is 1. The van der Waals surface area contributed by atoms with Gasteiger partial charge < -0.3 is 25.0 Å². The molecule has 0 amide bonds. The fourth-order valence-electron chi connectivity index (χ4n) is 3.67. The first-order valence-electron chi connectivity index (χ1n) is 9.77. The van der Waals surface area contributed by atoms with Gasteiger partial charge in [-0.25, -0.2) is 9.59 Å². The summed E-state index contributed by atoms with van der Waals surface area (Å²) in [6.45, 7) is 1.11. The first-order chi connectivity index (χ1) is 15.0. The largest absolute Gasteiger partial charge is 0.487 e. The van der Waals surface area contributed by atoms with E-state index in [4.69, 9.17) is 9.84 Å². The Kier molecular flexibility index (Phi) is 5.60. The molecule has 7 nitrogen and oxygen atoms in total. The van der Waals surface area contributed by atoms with Crippen molar-refractivity contribution in [2.75, 3.05) is 18.0 Å². The summed E-state index contributed by atoms with van der Waals surface area (Å²) in [6, 6.07) is 18.6. The first kappa shape index (κ1) is 20.4. The maximum atomic E-state index is 11.9. The molecule has 7 heteroatoms. The molecule has 1 aliphatic heterocycles. The molecule has 0 radical (unpaired) electrons. The van der Waals surface area contributed by atoms with E-state index in [1.165, 1.54) is 18.2 Å². The Bertz CT molecular complexity index is 1120. The predicted molar refractivity (Wildman–Crippen MR) is 115 cm³/mol. The van der Waals surface area contributed by atoms with Gasteiger partial charge in [0, 0.05) is 11.3 Å². The highest BCUT2D eigenvalue weighted by molar-refractivity contribution is 6.01. The second kappa shape index (κ2) is 8.49. The minimum Gasteiger partial charge on any atom is -0.487 e. The molecule has 0 atom stereocenters. The first-order valence-corrected chi connectivity index (χ1v) is 9.77. The van der Waals surface area contributed by atoms with Crippen LogP contribution in [0.25, 0.3) is 11.1 Å². The summed E-state index contributed by atoms with van der Waals surface area (Å²) < 4.78 is 5.96. The van der Waals surface area contributed by atoms with Crippen LogP contribution in [0, 0.1) is 0 Å². The van der Waals surface area contributed by atoms with Crippen LogP contribution in [0.5, 0.6) is 5.75 Å². The Morgan fingerprint density at radius 3 is 2.29 bits per heavy atom. The molecular weight excluding hydrogens is 398 g/mol. The van der Waals surface area contributed by atoms with Gasteiger partial charge in [0.25, 0.3) is 0 Å². The van der Waals surface area contributed by atoms with Gasteiger partial charge in [0.05, 0.1) is 30.8 Å². The van der Waals surface area contributed by atoms with E-state index in [9.17, 15) is 19.8 Å². The van der Waals surface area contributed by atoms with Gasteiger partial charge >= 0.3 is 11.9 Å². The highest BCUT2D eigenvalue weighted by Gasteiger charge is 2.31. The van der Waals surface area contributed by atoms with Gasteiger partial charge in [-0.15, -0.1) is 0 Å². The van der Waals surface area contributed by atoms with Crippen molar-refractivity contribution >= 4 is 17.6 Å². The maximum absolute atomic E-state index is 11.9. The average molecular weight is 419 g/mol. The standard InChI is InChI=1S/C24H21NO6/c26-14-15-7-9-18(10-8-15)31-19-12-25(13-19)21-6-2-5-20(24(29)30)22(21)16-3-1-4-17(11-16)23(27)28/h1-11,19,26H,12-14H2,(H,27,28)(H,29,30). The molecule has 1 aliphatic rings. The van der Waals surface area contributed by atoms with E-state index in [0.29, 0.717) is 30.0 Å². The SMILES string of the molecule is O=C(O)c1cccc(-c2c(C(=O)O)cccc2N2CC(Oc3ccc(CO)cc3)C2)c1. The fourth-order valence-corrected chi connectivity index (χ4v) is 3.67. The number of carboxylic acid groups (broad SMARTS) is 2. The van der Waals surface area contributed by atoms with Crippen LogP contribution in [0.4, 0.5) is 5.69 Å². The topological polar surface area (TPSA) is 107 Å². The van der Waals surface area contributed by atoms with Crippen molar-refractivity contribution in [1.29, 1.82) is 0 Å². The Morgan fingerprint density at radius 1 is 0.935 bits per heavy atom. The number of hydrogen-bond donors (Lipinski definition) is 3. The molecule has 0 bridgehead atoms. The molecule has 0 unspecified atom stereocenters. The molecule has 0 aromatic heterocycles. The van der Waals surface area contributed by atoms with E-state index in [1.807, 2.05) is 23.1 Å². The molecule has 0 aliphatic carbocycles. The van der Waals surface area contributed by atoms with Crippen molar-refractivity contribution in [1.82, 2.24) is 0 Å². The molecule has 1 fully saturated rings. The number of ether oxygens (including phenoxy) is 1. The normalized spacial score (nSPS) is 13.5. The number of benzene rings is 3. The van der Waals surface area contributed by atoms with Gasteiger partial charge in [-0.1, -0.05) is 30.3 Å². The number of aliphatic hydroxyl groups excluding tert-OH is 1. The summed E-state index contributed by atoms with van der Waals surface area (Å²) >= 11 is 0. The smallest absolute Gasteiger partial charge is 0.336 e. The van der Waals surface area contributed by atoms with E-state index in [-0.39, 0.29) is 23.8 Å². The lowest BCUT2D eigenvalue weighted by Crippen LogP contribution is -2.54. The van der Waals surface area contributed by atoms with Crippen LogP contribution < -0.4 is 9.64 Å². The highest BCUT2D eigenvalue weighted by atomic mass is 16.5. The van der Waals surface area contributed by atoms with E-state index in [2.05, 4.69) is 0 Å². The molecule has 3 aromatic carbocycles. The van der Waals surface area contributed by atoms with Crippen LogP contribution in [-0.2, 0) is 6.61 Å². The van der Waals surface area contributed by atoms with Gasteiger partial charge in [-0.3, -0.25) is 0 Å². The second-order valence-electron chi connectivity index (χ2n) is 7.34. The van der Waals surface area contributed by atoms with Crippen molar-refractivity contribution in [2.24, 2.45) is 0 Å². The Morgan fingerprint density at radius 2 is 1.65 bits per heavy atom. The average Bonchev–Trinajstić information content (AvgIpc) is 2.76. The monoisotopic (exact) mass is 419 g/mol. The van der Waals surface area contributed by atoms with E-state index in [1.54, 1.807) is 30.3 Å². The summed E-state index contributed by atoms with van der Waals surface area (Å²) in [4.78, 5) is 25.3. The predicted octanol–water partition coefficient (Wildman–Crippen LogP) is 3.51. The van der Waals surface area contributed by atoms with Crippen molar-refractivity contribution < 1.29 is 29.6 Å². The van der Waals surface area contributed by atoms with Crippen molar-refractivity contribution in [3.63, 3.8) is 0 Å². The molecule has 31 heavy (non-hydrogen) atoms. The number of rotatable bonds is 7. The number of carbonyl (C=O) groups is 2.